The number of nitrogens with one attached hydrogen (secondary N) is 2. The van der Waals surface area contributed by atoms with Crippen molar-refractivity contribution in [3.8, 4) is 5.69 Å². The Bertz CT molecular complexity index is 1330. The molecule has 0 saturated heterocycles. The summed E-state index contributed by atoms with van der Waals surface area (Å²) < 4.78 is 69.7. The molecule has 34 heavy (non-hydrogen) atoms. The van der Waals surface area contributed by atoms with Crippen LogP contribution in [-0.4, -0.2) is 30.1 Å². The lowest BCUT2D eigenvalue weighted by molar-refractivity contribution is -0.138. The van der Waals surface area contributed by atoms with Crippen LogP contribution in [0.3, 0.4) is 0 Å². The number of nitrogens with zero attached hydrogens (tertiary/aromatic N) is 2. The smallest absolute Gasteiger partial charge is 0.348 e. The summed E-state index contributed by atoms with van der Waals surface area (Å²) in [4.78, 5) is 12.5. The fraction of sp³-hybridized carbons (Fsp3) is 0.304. The third kappa shape index (κ3) is 5.31. The number of carbonyl (C=O) groups excluding carboxylic acids is 1. The van der Waals surface area contributed by atoms with Gasteiger partial charge in [-0.05, 0) is 74.7 Å². The van der Waals surface area contributed by atoms with Gasteiger partial charge >= 0.3 is 6.18 Å². The summed E-state index contributed by atoms with van der Waals surface area (Å²) in [5.41, 5.74) is 0.821. The maximum Gasteiger partial charge on any atom is 0.416 e. The molecule has 1 aliphatic carbocycles. The molecule has 4 rings (SSSR count). The van der Waals surface area contributed by atoms with Crippen molar-refractivity contribution >= 4 is 15.9 Å². The van der Waals surface area contributed by atoms with Crippen LogP contribution in [0.5, 0.6) is 0 Å². The SMILES string of the molecule is Cc1cc(C)n(-c2ccc(CNC(=O)c3ccc(S(=O)(=O)NC4CC4)cc3)c(C(F)(F)F)c2)n1. The fourth-order valence-electron chi connectivity index (χ4n) is 3.56. The average Bonchev–Trinajstić information content (AvgIpc) is 3.51. The first-order valence-electron chi connectivity index (χ1n) is 10.6. The van der Waals surface area contributed by atoms with Crippen LogP contribution in [-0.2, 0) is 22.7 Å². The highest BCUT2D eigenvalue weighted by atomic mass is 32.2. The maximum atomic E-state index is 13.7. The van der Waals surface area contributed by atoms with Crippen LogP contribution in [0.2, 0.25) is 0 Å². The Morgan fingerprint density at radius 1 is 1.09 bits per heavy atom. The maximum absolute atomic E-state index is 13.7. The molecule has 0 aliphatic heterocycles. The van der Waals surface area contributed by atoms with E-state index in [2.05, 4.69) is 15.1 Å². The monoisotopic (exact) mass is 492 g/mol. The quantitative estimate of drug-likeness (QED) is 0.524. The van der Waals surface area contributed by atoms with Gasteiger partial charge in [-0.1, -0.05) is 6.07 Å². The van der Waals surface area contributed by atoms with Crippen molar-refractivity contribution in [2.75, 3.05) is 0 Å². The number of aromatic nitrogens is 2. The Labute approximate surface area is 195 Å². The predicted octanol–water partition coefficient (Wildman–Crippen LogP) is 3.88. The predicted molar refractivity (Wildman–Crippen MR) is 119 cm³/mol. The van der Waals surface area contributed by atoms with E-state index in [1.54, 1.807) is 19.9 Å². The van der Waals surface area contributed by atoms with Gasteiger partial charge in [0.1, 0.15) is 0 Å². The highest BCUT2D eigenvalue weighted by Gasteiger charge is 2.34. The fourth-order valence-corrected chi connectivity index (χ4v) is 4.86. The number of sulfonamides is 1. The lowest BCUT2D eigenvalue weighted by atomic mass is 10.1. The second kappa shape index (κ2) is 8.88. The number of rotatable bonds is 7. The number of carbonyl (C=O) groups is 1. The van der Waals surface area contributed by atoms with Crippen molar-refractivity contribution in [3.05, 3.63) is 76.6 Å². The molecule has 2 aromatic carbocycles. The molecule has 1 aliphatic rings. The minimum absolute atomic E-state index is 0.0232. The van der Waals surface area contributed by atoms with Crippen LogP contribution in [0.25, 0.3) is 5.69 Å². The molecule has 1 heterocycles. The Morgan fingerprint density at radius 2 is 1.76 bits per heavy atom. The summed E-state index contributed by atoms with van der Waals surface area (Å²) in [5.74, 6) is -0.616. The zero-order valence-electron chi connectivity index (χ0n) is 18.5. The van der Waals surface area contributed by atoms with Gasteiger partial charge in [0, 0.05) is 23.8 Å². The Kier molecular flexibility index (Phi) is 6.26. The zero-order chi connectivity index (χ0) is 24.7. The Hall–Kier alpha value is -3.18. The average molecular weight is 493 g/mol. The van der Waals surface area contributed by atoms with Crippen LogP contribution >= 0.6 is 0 Å². The first-order valence-corrected chi connectivity index (χ1v) is 12.1. The molecule has 0 atom stereocenters. The van der Waals surface area contributed by atoms with E-state index < -0.39 is 27.7 Å². The highest BCUT2D eigenvalue weighted by molar-refractivity contribution is 7.89. The second-order valence-electron chi connectivity index (χ2n) is 8.28. The first kappa shape index (κ1) is 24.0. The summed E-state index contributed by atoms with van der Waals surface area (Å²) in [6, 6.07) is 10.8. The number of hydrogen-bond donors (Lipinski definition) is 2. The molecule has 0 bridgehead atoms. The summed E-state index contributed by atoms with van der Waals surface area (Å²) in [7, 11) is -3.66. The summed E-state index contributed by atoms with van der Waals surface area (Å²) in [6.07, 6.45) is -3.04. The summed E-state index contributed by atoms with van der Waals surface area (Å²) >= 11 is 0. The van der Waals surface area contributed by atoms with Gasteiger partial charge < -0.3 is 5.32 Å². The molecule has 1 aromatic heterocycles. The van der Waals surface area contributed by atoms with Crippen LogP contribution in [0.1, 0.15) is 45.7 Å². The minimum atomic E-state index is -4.63. The molecular weight excluding hydrogens is 469 g/mol. The molecule has 11 heteroatoms. The molecular formula is C23H23F3N4O3S. The van der Waals surface area contributed by atoms with Crippen molar-refractivity contribution < 1.29 is 26.4 Å². The van der Waals surface area contributed by atoms with E-state index in [0.717, 1.165) is 18.9 Å². The van der Waals surface area contributed by atoms with Gasteiger partial charge in [-0.3, -0.25) is 4.79 Å². The Morgan fingerprint density at radius 3 is 2.32 bits per heavy atom. The van der Waals surface area contributed by atoms with E-state index in [1.165, 1.54) is 41.1 Å². The van der Waals surface area contributed by atoms with Gasteiger partial charge in [0.25, 0.3) is 5.91 Å². The van der Waals surface area contributed by atoms with E-state index in [9.17, 15) is 26.4 Å². The van der Waals surface area contributed by atoms with E-state index in [-0.39, 0.29) is 34.3 Å². The number of alkyl halides is 3. The van der Waals surface area contributed by atoms with E-state index in [0.29, 0.717) is 11.4 Å². The van der Waals surface area contributed by atoms with Crippen molar-refractivity contribution in [1.29, 1.82) is 0 Å². The van der Waals surface area contributed by atoms with Gasteiger partial charge in [-0.25, -0.2) is 17.8 Å². The molecule has 180 valence electrons. The zero-order valence-corrected chi connectivity index (χ0v) is 19.3. The van der Waals surface area contributed by atoms with Crippen LogP contribution in [0, 0.1) is 13.8 Å². The molecule has 2 N–H and O–H groups in total. The van der Waals surface area contributed by atoms with Gasteiger partial charge in [-0.15, -0.1) is 0 Å². The first-order chi connectivity index (χ1) is 15.9. The normalized spacial score (nSPS) is 14.3. The molecule has 1 amide bonds. The van der Waals surface area contributed by atoms with Gasteiger partial charge in [-0.2, -0.15) is 18.3 Å². The Balaban J connectivity index is 1.50. The second-order valence-corrected chi connectivity index (χ2v) is 9.99. The van der Waals surface area contributed by atoms with Crippen molar-refractivity contribution in [2.24, 2.45) is 0 Å². The largest absolute Gasteiger partial charge is 0.416 e. The van der Waals surface area contributed by atoms with E-state index in [1.807, 2.05) is 0 Å². The standard InChI is InChI=1S/C23H23F3N4O3S/c1-14-11-15(2)30(28-14)19-8-3-17(21(12-19)23(24,25)26)13-27-22(31)16-4-9-20(10-5-16)34(32,33)29-18-6-7-18/h3-5,8-12,18,29H,6-7,13H2,1-2H3,(H,27,31). The third-order valence-corrected chi connectivity index (χ3v) is 6.95. The molecule has 0 radical (unpaired) electrons. The number of amides is 1. The van der Waals surface area contributed by atoms with Gasteiger partial charge in [0.2, 0.25) is 10.0 Å². The highest BCUT2D eigenvalue weighted by Crippen LogP contribution is 2.34. The summed E-state index contributed by atoms with van der Waals surface area (Å²) in [6.45, 7) is 3.15. The molecule has 1 saturated carbocycles. The van der Waals surface area contributed by atoms with Gasteiger partial charge in [0.15, 0.2) is 0 Å². The third-order valence-electron chi connectivity index (χ3n) is 5.42. The molecule has 3 aromatic rings. The molecule has 0 spiro atoms. The topological polar surface area (TPSA) is 93.1 Å². The van der Waals surface area contributed by atoms with Crippen molar-refractivity contribution in [1.82, 2.24) is 19.8 Å². The minimum Gasteiger partial charge on any atom is -0.348 e. The van der Waals surface area contributed by atoms with E-state index in [4.69, 9.17) is 0 Å². The lowest BCUT2D eigenvalue weighted by Gasteiger charge is -2.16. The lowest BCUT2D eigenvalue weighted by Crippen LogP contribution is -2.26. The molecule has 7 nitrogen and oxygen atoms in total. The van der Waals surface area contributed by atoms with Gasteiger partial charge in [0.05, 0.1) is 21.8 Å². The van der Waals surface area contributed by atoms with Crippen LogP contribution in [0.15, 0.2) is 53.4 Å². The molecule has 0 unspecified atom stereocenters. The molecule has 1 fully saturated rings. The van der Waals surface area contributed by atoms with Crippen LogP contribution < -0.4 is 10.0 Å². The van der Waals surface area contributed by atoms with E-state index >= 15 is 0 Å². The number of hydrogen-bond acceptors (Lipinski definition) is 4. The van der Waals surface area contributed by atoms with Crippen molar-refractivity contribution in [2.45, 2.75) is 50.3 Å². The summed E-state index contributed by atoms with van der Waals surface area (Å²) in [5, 5.41) is 6.70. The number of halogens is 3. The van der Waals surface area contributed by atoms with Crippen molar-refractivity contribution in [3.63, 3.8) is 0 Å². The van der Waals surface area contributed by atoms with Crippen LogP contribution in [0.4, 0.5) is 13.2 Å². The number of aryl methyl sites for hydroxylation is 2. The number of benzene rings is 2.